The highest BCUT2D eigenvalue weighted by Gasteiger charge is 2.11. The zero-order valence-electron chi connectivity index (χ0n) is 9.69. The summed E-state index contributed by atoms with van der Waals surface area (Å²) in [5.74, 6) is -1.18. The third-order valence-electron chi connectivity index (χ3n) is 1.83. The van der Waals surface area contributed by atoms with Crippen LogP contribution in [0, 0.1) is 0 Å². The molecule has 0 atom stereocenters. The molecule has 7 nitrogen and oxygen atoms in total. The summed E-state index contributed by atoms with van der Waals surface area (Å²) < 4.78 is 0. The maximum Gasteiger partial charge on any atom is 0.323 e. The fraction of sp³-hybridized carbons (Fsp3) is 0.667. The lowest BCUT2D eigenvalue weighted by Crippen LogP contribution is -2.41. The summed E-state index contributed by atoms with van der Waals surface area (Å²) in [6.45, 7) is -0.173. The highest BCUT2D eigenvalue weighted by Crippen LogP contribution is 1.88. The van der Waals surface area contributed by atoms with E-state index in [1.165, 1.54) is 11.9 Å². The predicted molar refractivity (Wildman–Crippen MR) is 57.0 cm³/mol. The number of carboxylic acids is 1. The van der Waals surface area contributed by atoms with Crippen molar-refractivity contribution in [3.8, 4) is 0 Å². The van der Waals surface area contributed by atoms with E-state index in [2.05, 4.69) is 5.32 Å². The van der Waals surface area contributed by atoms with E-state index in [-0.39, 0.29) is 25.4 Å². The van der Waals surface area contributed by atoms with Crippen molar-refractivity contribution in [2.75, 3.05) is 34.2 Å². The van der Waals surface area contributed by atoms with Gasteiger partial charge in [0.05, 0.1) is 0 Å². The first-order chi connectivity index (χ1) is 7.34. The fourth-order valence-corrected chi connectivity index (χ4v) is 0.910. The van der Waals surface area contributed by atoms with E-state index >= 15 is 0 Å². The standard InChI is InChI=1S/C9H17N3O4/c1-11(2)7(13)4-5-10-9(16)12(3)6-8(14)15/h4-6H2,1-3H3,(H,10,16)(H,14,15). The molecule has 0 bridgehead atoms. The Morgan fingerprint density at radius 1 is 1.19 bits per heavy atom. The van der Waals surface area contributed by atoms with Crippen LogP contribution in [0.15, 0.2) is 0 Å². The largest absolute Gasteiger partial charge is 0.480 e. The zero-order chi connectivity index (χ0) is 12.7. The summed E-state index contributed by atoms with van der Waals surface area (Å²) in [5, 5.41) is 10.9. The summed E-state index contributed by atoms with van der Waals surface area (Å²) in [7, 11) is 4.62. The Morgan fingerprint density at radius 3 is 2.19 bits per heavy atom. The number of carboxylic acid groups (broad SMARTS) is 1. The Balaban J connectivity index is 3.81. The Labute approximate surface area is 94.0 Å². The van der Waals surface area contributed by atoms with E-state index in [9.17, 15) is 14.4 Å². The molecule has 0 spiro atoms. The molecule has 0 aromatic carbocycles. The monoisotopic (exact) mass is 231 g/mol. The Morgan fingerprint density at radius 2 is 1.75 bits per heavy atom. The summed E-state index contributed by atoms with van der Waals surface area (Å²) in [5.41, 5.74) is 0. The van der Waals surface area contributed by atoms with Crippen LogP contribution in [0.3, 0.4) is 0 Å². The minimum Gasteiger partial charge on any atom is -0.480 e. The van der Waals surface area contributed by atoms with Gasteiger partial charge in [0, 0.05) is 34.1 Å². The number of nitrogens with one attached hydrogen (secondary N) is 1. The van der Waals surface area contributed by atoms with Crippen molar-refractivity contribution in [1.82, 2.24) is 15.1 Å². The van der Waals surface area contributed by atoms with Gasteiger partial charge in [0.1, 0.15) is 6.54 Å². The normalized spacial score (nSPS) is 9.44. The summed E-state index contributed by atoms with van der Waals surface area (Å²) in [4.78, 5) is 35.2. The molecule has 7 heteroatoms. The lowest BCUT2D eigenvalue weighted by atomic mass is 10.4. The van der Waals surface area contributed by atoms with E-state index in [0.717, 1.165) is 4.90 Å². The Bertz CT molecular complexity index is 278. The van der Waals surface area contributed by atoms with E-state index in [1.54, 1.807) is 14.1 Å². The first kappa shape index (κ1) is 14.2. The molecular weight excluding hydrogens is 214 g/mol. The predicted octanol–water partition coefficient (Wildman–Crippen LogP) is -0.809. The summed E-state index contributed by atoms with van der Waals surface area (Å²) in [6, 6.07) is -0.506. The number of hydrogen-bond acceptors (Lipinski definition) is 3. The van der Waals surface area contributed by atoms with Gasteiger partial charge in [-0.05, 0) is 0 Å². The van der Waals surface area contributed by atoms with E-state index in [4.69, 9.17) is 5.11 Å². The molecule has 0 rings (SSSR count). The van der Waals surface area contributed by atoms with Crippen molar-refractivity contribution in [3.05, 3.63) is 0 Å². The van der Waals surface area contributed by atoms with Gasteiger partial charge in [-0.3, -0.25) is 9.59 Å². The van der Waals surface area contributed by atoms with Crippen LogP contribution in [-0.2, 0) is 9.59 Å². The number of hydrogen-bond donors (Lipinski definition) is 2. The smallest absolute Gasteiger partial charge is 0.323 e. The molecule has 0 aliphatic carbocycles. The molecule has 0 aliphatic rings. The van der Waals surface area contributed by atoms with Gasteiger partial charge >= 0.3 is 12.0 Å². The highest BCUT2D eigenvalue weighted by atomic mass is 16.4. The van der Waals surface area contributed by atoms with Gasteiger partial charge in [0.15, 0.2) is 0 Å². The second-order valence-corrected chi connectivity index (χ2v) is 3.52. The van der Waals surface area contributed by atoms with Gasteiger partial charge in [-0.1, -0.05) is 0 Å². The molecule has 0 fully saturated rings. The molecule has 2 N–H and O–H groups in total. The number of carbonyl (C=O) groups is 3. The molecule has 0 aliphatic heterocycles. The topological polar surface area (TPSA) is 90.0 Å². The van der Waals surface area contributed by atoms with Crippen molar-refractivity contribution in [2.45, 2.75) is 6.42 Å². The fourth-order valence-electron chi connectivity index (χ4n) is 0.910. The Kier molecular flexibility index (Phi) is 5.91. The number of aliphatic carboxylic acids is 1. The van der Waals surface area contributed by atoms with E-state index in [0.29, 0.717) is 0 Å². The molecule has 16 heavy (non-hydrogen) atoms. The van der Waals surface area contributed by atoms with Gasteiger partial charge < -0.3 is 20.2 Å². The number of nitrogens with zero attached hydrogens (tertiary/aromatic N) is 2. The first-order valence-electron chi connectivity index (χ1n) is 4.75. The molecule has 0 saturated carbocycles. The van der Waals surface area contributed by atoms with Crippen LogP contribution in [-0.4, -0.2) is 67.0 Å². The number of carbonyl (C=O) groups excluding carboxylic acids is 2. The van der Waals surface area contributed by atoms with Crippen molar-refractivity contribution < 1.29 is 19.5 Å². The molecule has 0 saturated heterocycles. The maximum atomic E-state index is 11.3. The number of amides is 3. The van der Waals surface area contributed by atoms with Crippen LogP contribution in [0.2, 0.25) is 0 Å². The van der Waals surface area contributed by atoms with Crippen LogP contribution in [0.25, 0.3) is 0 Å². The van der Waals surface area contributed by atoms with Gasteiger partial charge in [-0.25, -0.2) is 4.79 Å². The lowest BCUT2D eigenvalue weighted by Gasteiger charge is -2.16. The third kappa shape index (κ3) is 5.84. The molecule has 0 radical (unpaired) electrons. The van der Waals surface area contributed by atoms with Gasteiger partial charge in [-0.2, -0.15) is 0 Å². The second kappa shape index (κ2) is 6.65. The maximum absolute atomic E-state index is 11.3. The van der Waals surface area contributed by atoms with Crippen LogP contribution in [0.4, 0.5) is 4.79 Å². The average molecular weight is 231 g/mol. The van der Waals surface area contributed by atoms with Gasteiger partial charge in [-0.15, -0.1) is 0 Å². The first-order valence-corrected chi connectivity index (χ1v) is 4.75. The molecule has 0 unspecified atom stereocenters. The number of rotatable bonds is 5. The SMILES string of the molecule is CN(C)C(=O)CCNC(=O)N(C)CC(=O)O. The molecule has 0 aromatic heterocycles. The van der Waals surface area contributed by atoms with Gasteiger partial charge in [0.2, 0.25) is 5.91 Å². The number of urea groups is 1. The van der Waals surface area contributed by atoms with Crippen LogP contribution >= 0.6 is 0 Å². The van der Waals surface area contributed by atoms with Crippen LogP contribution < -0.4 is 5.32 Å². The van der Waals surface area contributed by atoms with E-state index < -0.39 is 12.0 Å². The Hall–Kier alpha value is -1.79. The summed E-state index contributed by atoms with van der Waals surface area (Å²) in [6.07, 6.45) is 0.194. The second-order valence-electron chi connectivity index (χ2n) is 3.52. The number of likely N-dealkylation sites (N-methyl/N-ethyl adjacent to an activating group) is 1. The average Bonchev–Trinajstić information content (AvgIpc) is 2.15. The van der Waals surface area contributed by atoms with Crippen LogP contribution in [0.5, 0.6) is 0 Å². The quantitative estimate of drug-likeness (QED) is 0.647. The summed E-state index contributed by atoms with van der Waals surface area (Å²) >= 11 is 0. The minimum atomic E-state index is -1.08. The molecule has 0 aromatic rings. The third-order valence-corrected chi connectivity index (χ3v) is 1.83. The lowest BCUT2D eigenvalue weighted by molar-refractivity contribution is -0.137. The minimum absolute atomic E-state index is 0.0961. The zero-order valence-corrected chi connectivity index (χ0v) is 9.69. The highest BCUT2D eigenvalue weighted by molar-refractivity contribution is 5.80. The van der Waals surface area contributed by atoms with Crippen molar-refractivity contribution in [2.24, 2.45) is 0 Å². The molecule has 3 amide bonds. The van der Waals surface area contributed by atoms with Crippen molar-refractivity contribution >= 4 is 17.9 Å². The van der Waals surface area contributed by atoms with Gasteiger partial charge in [0.25, 0.3) is 0 Å². The van der Waals surface area contributed by atoms with E-state index in [1.807, 2.05) is 0 Å². The molecule has 92 valence electrons. The van der Waals surface area contributed by atoms with Crippen molar-refractivity contribution in [1.29, 1.82) is 0 Å². The van der Waals surface area contributed by atoms with Crippen LogP contribution in [0.1, 0.15) is 6.42 Å². The molecule has 0 heterocycles. The molecular formula is C9H17N3O4. The van der Waals surface area contributed by atoms with Crippen molar-refractivity contribution in [3.63, 3.8) is 0 Å².